The normalized spacial score (nSPS) is 11.1. The lowest BCUT2D eigenvalue weighted by Gasteiger charge is -2.08. The van der Waals surface area contributed by atoms with E-state index in [9.17, 15) is 4.79 Å². The Morgan fingerprint density at radius 3 is 2.62 bits per heavy atom. The molecule has 0 unspecified atom stereocenters. The van der Waals surface area contributed by atoms with Gasteiger partial charge in [0.25, 0.3) is 0 Å². The van der Waals surface area contributed by atoms with Crippen molar-refractivity contribution in [3.63, 3.8) is 0 Å². The summed E-state index contributed by atoms with van der Waals surface area (Å²) in [6, 6.07) is 14.3. The van der Waals surface area contributed by atoms with E-state index in [2.05, 4.69) is 5.32 Å². The van der Waals surface area contributed by atoms with Gasteiger partial charge in [0, 0.05) is 23.4 Å². The van der Waals surface area contributed by atoms with Crippen molar-refractivity contribution in [1.29, 1.82) is 5.26 Å². The molecule has 0 heterocycles. The molecule has 0 saturated heterocycles. The fourth-order valence-electron chi connectivity index (χ4n) is 2.29. The Labute approximate surface area is 153 Å². The van der Waals surface area contributed by atoms with Gasteiger partial charge in [-0.1, -0.05) is 17.7 Å². The number of methoxy groups -OCH3 is 2. The van der Waals surface area contributed by atoms with Gasteiger partial charge in [-0.25, -0.2) is 0 Å². The van der Waals surface area contributed by atoms with Gasteiger partial charge < -0.3 is 14.8 Å². The Morgan fingerprint density at radius 1 is 1.12 bits per heavy atom. The van der Waals surface area contributed by atoms with Crippen molar-refractivity contribution in [1.82, 2.24) is 0 Å². The largest absolute Gasteiger partial charge is 0.497 e. The Morgan fingerprint density at radius 2 is 1.92 bits per heavy atom. The van der Waals surface area contributed by atoms with Gasteiger partial charge in [0.2, 0.25) is 5.91 Å². The molecule has 2 rings (SSSR count). The number of hydrogen-bond donors (Lipinski definition) is 1. The lowest BCUT2D eigenvalue weighted by atomic mass is 10.1. The molecule has 0 atom stereocenters. The van der Waals surface area contributed by atoms with Crippen molar-refractivity contribution in [2.24, 2.45) is 0 Å². The summed E-state index contributed by atoms with van der Waals surface area (Å²) in [5, 5.41) is 11.6. The van der Waals surface area contributed by atoms with Gasteiger partial charge in [0.1, 0.15) is 11.5 Å². The average molecular weight is 348 g/mol. The zero-order valence-electron chi connectivity index (χ0n) is 14.9. The van der Waals surface area contributed by atoms with Gasteiger partial charge in [0.05, 0.1) is 25.9 Å². The number of nitrogens with one attached hydrogen (secondary N) is 1. The third-order valence-corrected chi connectivity index (χ3v) is 3.58. The average Bonchev–Trinajstić information content (AvgIpc) is 2.66. The maximum atomic E-state index is 12.0. The zero-order valence-corrected chi connectivity index (χ0v) is 14.9. The monoisotopic (exact) mass is 348 g/mol. The van der Waals surface area contributed by atoms with Crippen LogP contribution in [0.15, 0.2) is 60.2 Å². The number of benzene rings is 2. The van der Waals surface area contributed by atoms with Crippen molar-refractivity contribution >= 4 is 17.7 Å². The predicted octanol–water partition coefficient (Wildman–Crippen LogP) is 4.17. The van der Waals surface area contributed by atoms with E-state index in [1.165, 1.54) is 6.08 Å². The standard InChI is InChI=1S/C21H20N2O3/c1-15(11-17-8-9-19(25-2)13-20(17)26-3)7-10-21(24)23-18-6-4-5-16(12-18)14-22/h4-13H,1-3H3,(H,23,24)/b10-7+,15-11+. The number of anilines is 1. The number of ether oxygens (including phenoxy) is 2. The molecule has 2 aromatic rings. The zero-order chi connectivity index (χ0) is 18.9. The molecule has 0 aliphatic rings. The molecule has 0 bridgehead atoms. The minimum Gasteiger partial charge on any atom is -0.497 e. The van der Waals surface area contributed by atoms with Gasteiger partial charge in [-0.05, 0) is 43.3 Å². The van der Waals surface area contributed by atoms with Crippen LogP contribution < -0.4 is 14.8 Å². The van der Waals surface area contributed by atoms with Crippen LogP contribution in [-0.2, 0) is 4.79 Å². The van der Waals surface area contributed by atoms with E-state index in [4.69, 9.17) is 14.7 Å². The number of carbonyl (C=O) groups excluding carboxylic acids is 1. The SMILES string of the molecule is COc1ccc(/C=C(C)/C=C/C(=O)Nc2cccc(C#N)c2)c(OC)c1. The van der Waals surface area contributed by atoms with Crippen molar-refractivity contribution in [3.8, 4) is 17.6 Å². The van der Waals surface area contributed by atoms with Crippen LogP contribution in [0.5, 0.6) is 11.5 Å². The van der Waals surface area contributed by atoms with Crippen molar-refractivity contribution in [3.05, 3.63) is 71.3 Å². The summed E-state index contributed by atoms with van der Waals surface area (Å²) in [4.78, 5) is 12.0. The molecule has 0 saturated carbocycles. The molecule has 26 heavy (non-hydrogen) atoms. The molecule has 0 aliphatic heterocycles. The summed E-state index contributed by atoms with van der Waals surface area (Å²) in [6.45, 7) is 1.89. The highest BCUT2D eigenvalue weighted by Crippen LogP contribution is 2.26. The van der Waals surface area contributed by atoms with Gasteiger partial charge in [-0.2, -0.15) is 5.26 Å². The van der Waals surface area contributed by atoms with Crippen LogP contribution in [0.1, 0.15) is 18.1 Å². The highest BCUT2D eigenvalue weighted by molar-refractivity contribution is 5.99. The third kappa shape index (κ3) is 5.25. The number of nitrogens with zero attached hydrogens (tertiary/aromatic N) is 1. The van der Waals surface area contributed by atoms with E-state index in [1.807, 2.05) is 31.2 Å². The second kappa shape index (κ2) is 9.09. The fourth-order valence-corrected chi connectivity index (χ4v) is 2.29. The van der Waals surface area contributed by atoms with E-state index in [1.54, 1.807) is 50.6 Å². The smallest absolute Gasteiger partial charge is 0.248 e. The topological polar surface area (TPSA) is 71.3 Å². The van der Waals surface area contributed by atoms with Crippen molar-refractivity contribution < 1.29 is 14.3 Å². The van der Waals surface area contributed by atoms with Gasteiger partial charge >= 0.3 is 0 Å². The van der Waals surface area contributed by atoms with Crippen molar-refractivity contribution in [2.75, 3.05) is 19.5 Å². The van der Waals surface area contributed by atoms with Crippen LogP contribution in [0.25, 0.3) is 6.08 Å². The number of carbonyl (C=O) groups is 1. The molecule has 5 heteroatoms. The van der Waals surface area contributed by atoms with E-state index in [0.717, 1.165) is 11.1 Å². The number of hydrogen-bond acceptors (Lipinski definition) is 4. The summed E-state index contributed by atoms with van der Waals surface area (Å²) >= 11 is 0. The van der Waals surface area contributed by atoms with E-state index >= 15 is 0 Å². The fraction of sp³-hybridized carbons (Fsp3) is 0.143. The summed E-state index contributed by atoms with van der Waals surface area (Å²) in [5.74, 6) is 1.13. The molecule has 0 radical (unpaired) electrons. The number of nitriles is 1. The molecule has 0 aliphatic carbocycles. The number of allylic oxidation sites excluding steroid dienone is 2. The van der Waals surface area contributed by atoms with E-state index in [0.29, 0.717) is 22.7 Å². The molecule has 5 nitrogen and oxygen atoms in total. The van der Waals surface area contributed by atoms with Crippen molar-refractivity contribution in [2.45, 2.75) is 6.92 Å². The Bertz CT molecular complexity index is 892. The van der Waals surface area contributed by atoms with Crippen LogP contribution in [0.4, 0.5) is 5.69 Å². The summed E-state index contributed by atoms with van der Waals surface area (Å²) in [6.07, 6.45) is 5.08. The Balaban J connectivity index is 2.08. The van der Waals surface area contributed by atoms with Gasteiger partial charge in [-0.3, -0.25) is 4.79 Å². The highest BCUT2D eigenvalue weighted by atomic mass is 16.5. The molecule has 0 aromatic heterocycles. The van der Waals surface area contributed by atoms with Crippen LogP contribution in [0.3, 0.4) is 0 Å². The second-order valence-corrected chi connectivity index (χ2v) is 5.51. The van der Waals surface area contributed by atoms with Gasteiger partial charge in [-0.15, -0.1) is 0 Å². The third-order valence-electron chi connectivity index (χ3n) is 3.58. The summed E-state index contributed by atoms with van der Waals surface area (Å²) in [7, 11) is 3.20. The van der Waals surface area contributed by atoms with Crippen LogP contribution >= 0.6 is 0 Å². The minimum absolute atomic E-state index is 0.269. The molecular formula is C21H20N2O3. The molecule has 132 valence electrons. The maximum Gasteiger partial charge on any atom is 0.248 e. The molecule has 0 fully saturated rings. The Hall–Kier alpha value is -3.52. The summed E-state index contributed by atoms with van der Waals surface area (Å²) < 4.78 is 10.5. The second-order valence-electron chi connectivity index (χ2n) is 5.51. The lowest BCUT2D eigenvalue weighted by Crippen LogP contribution is -2.07. The molecular weight excluding hydrogens is 328 g/mol. The van der Waals surface area contributed by atoms with Gasteiger partial charge in [0.15, 0.2) is 0 Å². The maximum absolute atomic E-state index is 12.0. The molecule has 1 N–H and O–H groups in total. The lowest BCUT2D eigenvalue weighted by molar-refractivity contribution is -0.111. The number of amides is 1. The minimum atomic E-state index is -0.269. The molecule has 0 spiro atoms. The highest BCUT2D eigenvalue weighted by Gasteiger charge is 2.03. The number of rotatable bonds is 6. The van der Waals surface area contributed by atoms with E-state index in [-0.39, 0.29) is 5.91 Å². The van der Waals surface area contributed by atoms with E-state index < -0.39 is 0 Å². The summed E-state index contributed by atoms with van der Waals surface area (Å²) in [5.41, 5.74) is 2.85. The quantitative estimate of drug-likeness (QED) is 0.628. The first kappa shape index (κ1) is 18.8. The van der Waals surface area contributed by atoms with Crippen LogP contribution in [-0.4, -0.2) is 20.1 Å². The Kier molecular flexibility index (Phi) is 6.58. The molecule has 1 amide bonds. The first-order chi connectivity index (χ1) is 12.5. The predicted molar refractivity (Wildman–Crippen MR) is 102 cm³/mol. The van der Waals surface area contributed by atoms with Crippen LogP contribution in [0.2, 0.25) is 0 Å². The first-order valence-corrected chi connectivity index (χ1v) is 7.95. The molecule has 2 aromatic carbocycles. The van der Waals surface area contributed by atoms with Crippen LogP contribution in [0, 0.1) is 11.3 Å². The first-order valence-electron chi connectivity index (χ1n) is 7.95.